The molecule has 1 amide bonds. The molecule has 7 heterocycles. The van der Waals surface area contributed by atoms with Gasteiger partial charge in [-0.05, 0) is 47.0 Å². The molecule has 0 N–H and O–H groups in total. The minimum atomic E-state index is -2.79. The van der Waals surface area contributed by atoms with E-state index in [1.807, 2.05) is 32.6 Å². The van der Waals surface area contributed by atoms with E-state index >= 15 is 4.39 Å². The lowest BCUT2D eigenvalue weighted by Gasteiger charge is -2.48. The van der Waals surface area contributed by atoms with Gasteiger partial charge in [-0.2, -0.15) is 15.0 Å². The Morgan fingerprint density at radius 1 is 1.22 bits per heavy atom. The molecule has 10 nitrogen and oxygen atoms in total. The molecule has 0 radical (unpaired) electrons. The van der Waals surface area contributed by atoms with E-state index in [9.17, 15) is 13.6 Å². The Morgan fingerprint density at radius 3 is 2.68 bits per heavy atom. The number of ether oxygens (including phenoxy) is 3. The quantitative estimate of drug-likeness (QED) is 0.478. The van der Waals surface area contributed by atoms with Crippen LogP contribution in [0, 0.1) is 5.82 Å². The standard InChI is InChI=1S/C27H32ClF3N6O4/c1-13-19-15-6-5-14(37(15)24(38)41-25(2,3)4)9-36(19)21-16-18(17(29)20(28)33-22(16)40-13)32-23(34-21)39-12-26-7-8-35(26)11-27(30,31)10-26/h13-15,19H,5-12H2,1-4H3/t13-,14+,15-,19+,26?/m0/s1. The molecule has 0 saturated carbocycles. The summed E-state index contributed by atoms with van der Waals surface area (Å²) in [5, 5.41) is -0.152. The zero-order chi connectivity index (χ0) is 29.1. The van der Waals surface area contributed by atoms with Gasteiger partial charge in [0.15, 0.2) is 11.0 Å². The largest absolute Gasteiger partial charge is 0.472 e. The van der Waals surface area contributed by atoms with Gasteiger partial charge in [0.1, 0.15) is 35.0 Å². The van der Waals surface area contributed by atoms with Gasteiger partial charge < -0.3 is 19.1 Å². The van der Waals surface area contributed by atoms with Crippen molar-refractivity contribution in [3.8, 4) is 11.9 Å². The Hall–Kier alpha value is -2.80. The number of anilines is 1. The molecular weight excluding hydrogens is 565 g/mol. The normalized spacial score (nSPS) is 31.7. The molecule has 2 aromatic heterocycles. The Labute approximate surface area is 240 Å². The minimum absolute atomic E-state index is 0.0468. The summed E-state index contributed by atoms with van der Waals surface area (Å²) in [6, 6.07) is -0.919. The number of carbonyl (C=O) groups is 1. The van der Waals surface area contributed by atoms with Crippen molar-refractivity contribution in [1.29, 1.82) is 0 Å². The van der Waals surface area contributed by atoms with Crippen LogP contribution in [0.3, 0.4) is 0 Å². The number of carbonyl (C=O) groups excluding carboxylic acids is 1. The Kier molecular flexibility index (Phi) is 5.84. The van der Waals surface area contributed by atoms with E-state index in [0.717, 1.165) is 12.8 Å². The SMILES string of the molecule is C[C@@H]1Oc2nc(Cl)c(F)c3nc(OCC45CCN4CC(F)(F)C5)nc(c23)N2C[C@H]3CC[C@@H]([C@@H]12)N3C(=O)OC(C)(C)C. The molecule has 5 aliphatic rings. The summed E-state index contributed by atoms with van der Waals surface area (Å²) in [6.07, 6.45) is 0.873. The number of hydrogen-bond donors (Lipinski definition) is 0. The number of rotatable bonds is 3. The number of piperazine rings is 1. The van der Waals surface area contributed by atoms with E-state index in [2.05, 4.69) is 9.97 Å². The second kappa shape index (κ2) is 8.85. The maximum Gasteiger partial charge on any atom is 0.410 e. The van der Waals surface area contributed by atoms with Crippen LogP contribution in [0.15, 0.2) is 0 Å². The van der Waals surface area contributed by atoms with Crippen molar-refractivity contribution in [3.05, 3.63) is 11.0 Å². The zero-order valence-corrected chi connectivity index (χ0v) is 24.1. The predicted octanol–water partition coefficient (Wildman–Crippen LogP) is 4.42. The van der Waals surface area contributed by atoms with Crippen molar-refractivity contribution in [2.45, 2.75) is 94.7 Å². The van der Waals surface area contributed by atoms with E-state index in [-0.39, 0.29) is 66.6 Å². The first-order chi connectivity index (χ1) is 19.3. The number of halogens is 4. The van der Waals surface area contributed by atoms with Gasteiger partial charge in [0.2, 0.25) is 5.88 Å². The molecular formula is C27H32ClF3N6O4. The highest BCUT2D eigenvalue weighted by atomic mass is 35.5. The van der Waals surface area contributed by atoms with Gasteiger partial charge in [-0.1, -0.05) is 11.6 Å². The molecule has 7 rings (SSSR count). The molecule has 5 aliphatic heterocycles. The third-order valence-electron chi connectivity index (χ3n) is 9.03. The summed E-state index contributed by atoms with van der Waals surface area (Å²) in [6.45, 7) is 7.97. The van der Waals surface area contributed by atoms with Crippen molar-refractivity contribution in [2.75, 3.05) is 31.1 Å². The van der Waals surface area contributed by atoms with Gasteiger partial charge in [0, 0.05) is 19.5 Å². The first-order valence-corrected chi connectivity index (χ1v) is 14.4. The van der Waals surface area contributed by atoms with E-state index in [1.165, 1.54) is 0 Å². The van der Waals surface area contributed by atoms with Gasteiger partial charge >= 0.3 is 12.1 Å². The second-order valence-corrected chi connectivity index (χ2v) is 13.3. The molecule has 0 aliphatic carbocycles. The third-order valence-corrected chi connectivity index (χ3v) is 9.28. The molecule has 0 spiro atoms. The first kappa shape index (κ1) is 27.1. The fraction of sp³-hybridized carbons (Fsp3) is 0.704. The van der Waals surface area contributed by atoms with Crippen LogP contribution >= 0.6 is 11.6 Å². The molecule has 41 heavy (non-hydrogen) atoms. The summed E-state index contributed by atoms with van der Waals surface area (Å²) in [5.41, 5.74) is -1.57. The van der Waals surface area contributed by atoms with Crippen LogP contribution in [0.1, 0.15) is 53.4 Å². The molecule has 2 aromatic rings. The van der Waals surface area contributed by atoms with Gasteiger partial charge in [-0.15, -0.1) is 0 Å². The van der Waals surface area contributed by atoms with Gasteiger partial charge in [-0.3, -0.25) is 9.80 Å². The van der Waals surface area contributed by atoms with Gasteiger partial charge in [-0.25, -0.2) is 18.0 Å². The van der Waals surface area contributed by atoms with E-state index in [4.69, 9.17) is 30.8 Å². The number of alkyl halides is 2. The Balaban J connectivity index is 1.27. The van der Waals surface area contributed by atoms with Crippen LogP contribution in [-0.2, 0) is 4.74 Å². The molecule has 1 unspecified atom stereocenters. The lowest BCUT2D eigenvalue weighted by Crippen LogP contribution is -2.65. The first-order valence-electron chi connectivity index (χ1n) is 14.0. The number of hydrogen-bond acceptors (Lipinski definition) is 9. The summed E-state index contributed by atoms with van der Waals surface area (Å²) >= 11 is 6.17. The van der Waals surface area contributed by atoms with Crippen molar-refractivity contribution in [2.24, 2.45) is 0 Å². The summed E-state index contributed by atoms with van der Waals surface area (Å²) in [5.74, 6) is -3.19. The smallest absolute Gasteiger partial charge is 0.410 e. The van der Waals surface area contributed by atoms with Crippen molar-refractivity contribution in [1.82, 2.24) is 24.8 Å². The molecule has 5 atom stereocenters. The highest BCUT2D eigenvalue weighted by Gasteiger charge is 2.60. The third kappa shape index (κ3) is 4.25. The molecule has 14 heteroatoms. The fourth-order valence-electron chi connectivity index (χ4n) is 7.32. The summed E-state index contributed by atoms with van der Waals surface area (Å²) in [7, 11) is 0. The fourth-order valence-corrected chi connectivity index (χ4v) is 7.49. The van der Waals surface area contributed by atoms with Crippen molar-refractivity contribution < 1.29 is 32.2 Å². The minimum Gasteiger partial charge on any atom is -0.472 e. The topological polar surface area (TPSA) is 93.2 Å². The highest BCUT2D eigenvalue weighted by molar-refractivity contribution is 6.30. The maximum absolute atomic E-state index is 15.4. The van der Waals surface area contributed by atoms with Crippen LogP contribution in [0.5, 0.6) is 11.9 Å². The number of fused-ring (bicyclic) bond motifs is 6. The van der Waals surface area contributed by atoms with Crippen LogP contribution in [0.4, 0.5) is 23.8 Å². The Bertz CT molecular complexity index is 1440. The number of nitrogens with zero attached hydrogens (tertiary/aromatic N) is 6. The molecule has 222 valence electrons. The van der Waals surface area contributed by atoms with E-state index < -0.39 is 34.1 Å². The number of pyridine rings is 1. The number of amides is 1. The average Bonchev–Trinajstić information content (AvgIpc) is 3.22. The van der Waals surface area contributed by atoms with Gasteiger partial charge in [0.05, 0.1) is 30.2 Å². The average molecular weight is 597 g/mol. The molecule has 2 bridgehead atoms. The lowest BCUT2D eigenvalue weighted by molar-refractivity contribution is -0.0132. The monoisotopic (exact) mass is 596 g/mol. The Morgan fingerprint density at radius 2 is 2.00 bits per heavy atom. The van der Waals surface area contributed by atoms with Crippen LogP contribution in [0.2, 0.25) is 5.15 Å². The van der Waals surface area contributed by atoms with Crippen molar-refractivity contribution in [3.63, 3.8) is 0 Å². The number of aromatic nitrogens is 3. The summed E-state index contributed by atoms with van der Waals surface area (Å²) in [4.78, 5) is 32.0. The van der Waals surface area contributed by atoms with E-state index in [1.54, 1.807) is 9.80 Å². The molecule has 0 aromatic carbocycles. The predicted molar refractivity (Wildman–Crippen MR) is 142 cm³/mol. The molecule has 4 saturated heterocycles. The van der Waals surface area contributed by atoms with E-state index in [0.29, 0.717) is 25.3 Å². The lowest BCUT2D eigenvalue weighted by atomic mass is 9.85. The maximum atomic E-state index is 15.4. The highest BCUT2D eigenvalue weighted by Crippen LogP contribution is 2.49. The zero-order valence-electron chi connectivity index (χ0n) is 23.3. The van der Waals surface area contributed by atoms with Crippen LogP contribution < -0.4 is 14.4 Å². The van der Waals surface area contributed by atoms with Gasteiger partial charge in [0.25, 0.3) is 5.92 Å². The van der Waals surface area contributed by atoms with Crippen LogP contribution in [-0.4, -0.2) is 98.4 Å². The van der Waals surface area contributed by atoms with Crippen molar-refractivity contribution >= 4 is 34.4 Å². The molecule has 4 fully saturated rings. The second-order valence-electron chi connectivity index (χ2n) is 12.9. The van der Waals surface area contributed by atoms with Crippen LogP contribution in [0.25, 0.3) is 10.9 Å². The summed E-state index contributed by atoms with van der Waals surface area (Å²) < 4.78 is 61.8.